The summed E-state index contributed by atoms with van der Waals surface area (Å²) in [5, 5.41) is 2.78. The quantitative estimate of drug-likeness (QED) is 0.931. The van der Waals surface area contributed by atoms with Gasteiger partial charge in [-0.15, -0.1) is 0 Å². The average molecular weight is 319 g/mol. The lowest BCUT2D eigenvalue weighted by Crippen LogP contribution is -2.41. The number of amides is 1. The van der Waals surface area contributed by atoms with Crippen molar-refractivity contribution in [1.82, 2.24) is 0 Å². The van der Waals surface area contributed by atoms with Crippen molar-refractivity contribution in [2.45, 2.75) is 19.4 Å². The van der Waals surface area contributed by atoms with Crippen LogP contribution in [0, 0.1) is 5.82 Å². The lowest BCUT2D eigenvalue weighted by molar-refractivity contribution is -0.117. The molecular weight excluding hydrogens is 303 g/mol. The number of benzene rings is 2. The molecule has 0 bridgehead atoms. The van der Waals surface area contributed by atoms with E-state index in [0.29, 0.717) is 5.69 Å². The SMILES string of the molecule is C[C@H](C(=O)Nc1ccc(F)c(Cl)c1)N1CCc2ccccc21. The number of carbonyl (C=O) groups is 1. The minimum atomic E-state index is -0.499. The minimum Gasteiger partial charge on any atom is -0.359 e. The fourth-order valence-corrected chi connectivity index (χ4v) is 2.91. The predicted octanol–water partition coefficient (Wildman–Crippen LogP) is 3.87. The first-order valence-corrected chi connectivity index (χ1v) is 7.54. The highest BCUT2D eigenvalue weighted by molar-refractivity contribution is 6.31. The normalized spacial score (nSPS) is 14.6. The predicted molar refractivity (Wildman–Crippen MR) is 87.0 cm³/mol. The second-order valence-electron chi connectivity index (χ2n) is 5.37. The molecule has 0 saturated carbocycles. The Kier molecular flexibility index (Phi) is 4.03. The number of nitrogens with one attached hydrogen (secondary N) is 1. The molecule has 3 rings (SSSR count). The summed E-state index contributed by atoms with van der Waals surface area (Å²) in [6, 6.07) is 11.9. The van der Waals surface area contributed by atoms with Crippen molar-refractivity contribution in [2.24, 2.45) is 0 Å². The second-order valence-corrected chi connectivity index (χ2v) is 5.77. The van der Waals surface area contributed by atoms with Gasteiger partial charge in [-0.05, 0) is 43.2 Å². The highest BCUT2D eigenvalue weighted by atomic mass is 35.5. The zero-order chi connectivity index (χ0) is 15.7. The smallest absolute Gasteiger partial charge is 0.246 e. The van der Waals surface area contributed by atoms with E-state index in [9.17, 15) is 9.18 Å². The van der Waals surface area contributed by atoms with E-state index in [1.807, 2.05) is 25.1 Å². The topological polar surface area (TPSA) is 32.3 Å². The molecule has 0 radical (unpaired) electrons. The van der Waals surface area contributed by atoms with Gasteiger partial charge in [-0.3, -0.25) is 4.79 Å². The maximum absolute atomic E-state index is 13.2. The Morgan fingerprint density at radius 3 is 2.86 bits per heavy atom. The molecule has 1 N–H and O–H groups in total. The Bertz CT molecular complexity index is 720. The van der Waals surface area contributed by atoms with Crippen LogP contribution in [0.4, 0.5) is 15.8 Å². The zero-order valence-electron chi connectivity index (χ0n) is 12.1. The molecule has 2 aromatic rings. The molecule has 5 heteroatoms. The van der Waals surface area contributed by atoms with Gasteiger partial charge >= 0.3 is 0 Å². The number of para-hydroxylation sites is 1. The molecule has 1 heterocycles. The highest BCUT2D eigenvalue weighted by Gasteiger charge is 2.27. The van der Waals surface area contributed by atoms with Gasteiger partial charge in [0, 0.05) is 17.9 Å². The number of anilines is 2. The standard InChI is InChI=1S/C17H16ClFN2O/c1-11(21-9-8-12-4-2-3-5-16(12)21)17(22)20-13-6-7-15(19)14(18)10-13/h2-7,10-11H,8-9H2,1H3,(H,20,22)/t11-/m1/s1. The molecule has 114 valence electrons. The van der Waals surface area contributed by atoms with E-state index in [1.165, 1.54) is 23.8 Å². The van der Waals surface area contributed by atoms with Gasteiger partial charge in [-0.2, -0.15) is 0 Å². The fraction of sp³-hybridized carbons (Fsp3) is 0.235. The molecule has 0 saturated heterocycles. The van der Waals surface area contributed by atoms with Crippen molar-refractivity contribution in [3.63, 3.8) is 0 Å². The van der Waals surface area contributed by atoms with Crippen LogP contribution in [0.3, 0.4) is 0 Å². The van der Waals surface area contributed by atoms with E-state index in [1.54, 1.807) is 0 Å². The molecule has 1 aliphatic heterocycles. The number of hydrogen-bond acceptors (Lipinski definition) is 2. The molecule has 1 amide bonds. The van der Waals surface area contributed by atoms with Crippen molar-refractivity contribution in [2.75, 3.05) is 16.8 Å². The third-order valence-corrected chi connectivity index (χ3v) is 4.25. The molecule has 22 heavy (non-hydrogen) atoms. The number of fused-ring (bicyclic) bond motifs is 1. The number of hydrogen-bond donors (Lipinski definition) is 1. The largest absolute Gasteiger partial charge is 0.359 e. The Morgan fingerprint density at radius 2 is 2.09 bits per heavy atom. The van der Waals surface area contributed by atoms with Gasteiger partial charge in [-0.25, -0.2) is 4.39 Å². The van der Waals surface area contributed by atoms with Gasteiger partial charge in [0.25, 0.3) is 0 Å². The summed E-state index contributed by atoms with van der Waals surface area (Å²) < 4.78 is 13.2. The van der Waals surface area contributed by atoms with E-state index < -0.39 is 5.82 Å². The first-order valence-electron chi connectivity index (χ1n) is 7.17. The average Bonchev–Trinajstić information content (AvgIpc) is 2.94. The number of rotatable bonds is 3. The summed E-state index contributed by atoms with van der Waals surface area (Å²) in [7, 11) is 0. The molecule has 0 aliphatic carbocycles. The van der Waals surface area contributed by atoms with Gasteiger partial charge in [0.05, 0.1) is 5.02 Å². The minimum absolute atomic E-state index is 0.00280. The van der Waals surface area contributed by atoms with Crippen LogP contribution in [-0.4, -0.2) is 18.5 Å². The summed E-state index contributed by atoms with van der Waals surface area (Å²) in [6.07, 6.45) is 0.941. The third-order valence-electron chi connectivity index (χ3n) is 3.96. The van der Waals surface area contributed by atoms with Crippen LogP contribution < -0.4 is 10.2 Å². The Hall–Kier alpha value is -2.07. The summed E-state index contributed by atoms with van der Waals surface area (Å²) in [5.41, 5.74) is 2.85. The molecule has 0 spiro atoms. The Labute approximate surface area is 133 Å². The maximum Gasteiger partial charge on any atom is 0.246 e. The van der Waals surface area contributed by atoms with Gasteiger partial charge in [0.15, 0.2) is 0 Å². The van der Waals surface area contributed by atoms with E-state index in [2.05, 4.69) is 16.3 Å². The van der Waals surface area contributed by atoms with Crippen LogP contribution in [0.1, 0.15) is 12.5 Å². The maximum atomic E-state index is 13.2. The number of halogens is 2. The second kappa shape index (κ2) is 5.97. The van der Waals surface area contributed by atoms with Gasteiger partial charge in [0.2, 0.25) is 5.91 Å². The van der Waals surface area contributed by atoms with Crippen LogP contribution in [0.15, 0.2) is 42.5 Å². The number of nitrogens with zero attached hydrogens (tertiary/aromatic N) is 1. The van der Waals surface area contributed by atoms with Crippen LogP contribution in [-0.2, 0) is 11.2 Å². The first-order chi connectivity index (χ1) is 10.6. The summed E-state index contributed by atoms with van der Waals surface area (Å²) >= 11 is 5.73. The van der Waals surface area contributed by atoms with Crippen LogP contribution in [0.2, 0.25) is 5.02 Å². The summed E-state index contributed by atoms with van der Waals surface area (Å²) in [5.74, 6) is -0.638. The zero-order valence-corrected chi connectivity index (χ0v) is 12.9. The van der Waals surface area contributed by atoms with Gasteiger partial charge in [0.1, 0.15) is 11.9 Å². The van der Waals surface area contributed by atoms with Crippen LogP contribution in [0.25, 0.3) is 0 Å². The Balaban J connectivity index is 1.74. The van der Waals surface area contributed by atoms with Crippen molar-refractivity contribution >= 4 is 28.9 Å². The van der Waals surface area contributed by atoms with E-state index in [-0.39, 0.29) is 17.0 Å². The molecule has 0 aromatic heterocycles. The molecule has 1 atom stereocenters. The van der Waals surface area contributed by atoms with Crippen molar-refractivity contribution in [3.8, 4) is 0 Å². The molecule has 0 unspecified atom stereocenters. The molecular formula is C17H16ClFN2O. The van der Waals surface area contributed by atoms with E-state index >= 15 is 0 Å². The third kappa shape index (κ3) is 2.79. The highest BCUT2D eigenvalue weighted by Crippen LogP contribution is 2.29. The first kappa shape index (κ1) is 14.9. The lowest BCUT2D eigenvalue weighted by Gasteiger charge is -2.26. The molecule has 3 nitrogen and oxygen atoms in total. The molecule has 0 fully saturated rings. The van der Waals surface area contributed by atoms with Crippen molar-refractivity contribution in [1.29, 1.82) is 0 Å². The number of carbonyl (C=O) groups excluding carboxylic acids is 1. The van der Waals surface area contributed by atoms with E-state index in [4.69, 9.17) is 11.6 Å². The summed E-state index contributed by atoms with van der Waals surface area (Å²) in [4.78, 5) is 14.5. The van der Waals surface area contributed by atoms with Crippen LogP contribution in [0.5, 0.6) is 0 Å². The van der Waals surface area contributed by atoms with Crippen molar-refractivity contribution < 1.29 is 9.18 Å². The summed E-state index contributed by atoms with van der Waals surface area (Å²) in [6.45, 7) is 2.68. The van der Waals surface area contributed by atoms with Gasteiger partial charge < -0.3 is 10.2 Å². The fourth-order valence-electron chi connectivity index (χ4n) is 2.73. The monoisotopic (exact) mass is 318 g/mol. The molecule has 1 aliphatic rings. The molecule has 2 aromatic carbocycles. The Morgan fingerprint density at radius 1 is 1.32 bits per heavy atom. The van der Waals surface area contributed by atoms with E-state index in [0.717, 1.165) is 18.7 Å². The lowest BCUT2D eigenvalue weighted by atomic mass is 10.1. The van der Waals surface area contributed by atoms with Crippen LogP contribution >= 0.6 is 11.6 Å². The van der Waals surface area contributed by atoms with Crippen molar-refractivity contribution in [3.05, 3.63) is 58.9 Å². The van der Waals surface area contributed by atoms with Gasteiger partial charge in [-0.1, -0.05) is 29.8 Å².